The number of aromatic hydroxyl groups is 1. The minimum atomic E-state index is -0.534. The van der Waals surface area contributed by atoms with Gasteiger partial charge < -0.3 is 10.0 Å². The first-order valence-corrected chi connectivity index (χ1v) is 8.47. The fourth-order valence-corrected chi connectivity index (χ4v) is 4.19. The first kappa shape index (κ1) is 14.3. The van der Waals surface area contributed by atoms with Crippen molar-refractivity contribution in [3.05, 3.63) is 46.2 Å². The molecule has 7 heteroatoms. The summed E-state index contributed by atoms with van der Waals surface area (Å²) in [6.45, 7) is 0.559. The number of halogens is 1. The third-order valence-electron chi connectivity index (χ3n) is 3.31. The van der Waals surface area contributed by atoms with E-state index in [0.29, 0.717) is 6.54 Å². The van der Waals surface area contributed by atoms with Crippen molar-refractivity contribution < 1.29 is 14.3 Å². The van der Waals surface area contributed by atoms with Crippen LogP contribution in [0.15, 0.2) is 29.8 Å². The predicted molar refractivity (Wildman–Crippen MR) is 81.3 cm³/mol. The summed E-state index contributed by atoms with van der Waals surface area (Å²) in [6.07, 6.45) is 1.71. The molecule has 0 unspecified atom stereocenters. The van der Waals surface area contributed by atoms with Crippen LogP contribution in [0.25, 0.3) is 0 Å². The van der Waals surface area contributed by atoms with Gasteiger partial charge in [0.25, 0.3) is 5.91 Å². The molecular weight excluding hydrogens is 311 g/mol. The lowest BCUT2D eigenvalue weighted by Crippen LogP contribution is -2.40. The molecule has 0 aliphatic carbocycles. The summed E-state index contributed by atoms with van der Waals surface area (Å²) in [4.78, 5) is 18.6. The molecule has 0 saturated carbocycles. The predicted octanol–water partition coefficient (Wildman–Crippen LogP) is 2.92. The largest absolute Gasteiger partial charge is 0.507 e. The number of rotatable bonds is 2. The van der Waals surface area contributed by atoms with Crippen molar-refractivity contribution in [3.8, 4) is 5.75 Å². The van der Waals surface area contributed by atoms with E-state index >= 15 is 0 Å². The molecule has 2 aromatic rings. The summed E-state index contributed by atoms with van der Waals surface area (Å²) < 4.78 is 13.3. The standard InChI is InChI=1S/C14H13FN2O2S2/c15-9-1-2-12(18)10(7-9)14(19)17-4-6-20-8-11(17)13-16-3-5-21-13/h1-3,5,7,11,18H,4,6,8H2/t11-/m1/s1. The Labute approximate surface area is 129 Å². The lowest BCUT2D eigenvalue weighted by Gasteiger charge is -2.34. The normalized spacial score (nSPS) is 18.7. The number of benzene rings is 1. The number of carbonyl (C=O) groups is 1. The third-order valence-corrected chi connectivity index (χ3v) is 5.21. The van der Waals surface area contributed by atoms with Crippen molar-refractivity contribution in [2.24, 2.45) is 0 Å². The van der Waals surface area contributed by atoms with E-state index in [4.69, 9.17) is 0 Å². The Kier molecular flexibility index (Phi) is 4.12. The lowest BCUT2D eigenvalue weighted by atomic mass is 10.1. The molecule has 1 aliphatic heterocycles. The van der Waals surface area contributed by atoms with Gasteiger partial charge in [0.1, 0.15) is 16.6 Å². The summed E-state index contributed by atoms with van der Waals surface area (Å²) in [5.74, 6) is 0.498. The molecule has 1 saturated heterocycles. The second-order valence-corrected chi connectivity index (χ2v) is 6.70. The Hall–Kier alpha value is -1.60. The van der Waals surface area contributed by atoms with E-state index < -0.39 is 5.82 Å². The van der Waals surface area contributed by atoms with Gasteiger partial charge in [0.15, 0.2) is 0 Å². The van der Waals surface area contributed by atoms with E-state index in [0.717, 1.165) is 28.6 Å². The first-order chi connectivity index (χ1) is 10.2. The molecule has 4 nitrogen and oxygen atoms in total. The van der Waals surface area contributed by atoms with Crippen LogP contribution in [-0.2, 0) is 0 Å². The van der Waals surface area contributed by atoms with Gasteiger partial charge in [-0.2, -0.15) is 11.8 Å². The van der Waals surface area contributed by atoms with Crippen LogP contribution in [0, 0.1) is 5.82 Å². The highest BCUT2D eigenvalue weighted by molar-refractivity contribution is 7.99. The zero-order valence-corrected chi connectivity index (χ0v) is 12.7. The molecule has 1 aliphatic rings. The highest BCUT2D eigenvalue weighted by Gasteiger charge is 2.31. The fourth-order valence-electron chi connectivity index (χ4n) is 2.28. The zero-order valence-electron chi connectivity index (χ0n) is 11.0. The van der Waals surface area contributed by atoms with Gasteiger partial charge in [-0.25, -0.2) is 9.37 Å². The fraction of sp³-hybridized carbons (Fsp3) is 0.286. The van der Waals surface area contributed by atoms with Crippen molar-refractivity contribution in [2.75, 3.05) is 18.1 Å². The summed E-state index contributed by atoms with van der Waals surface area (Å²) in [5, 5.41) is 12.6. The highest BCUT2D eigenvalue weighted by atomic mass is 32.2. The first-order valence-electron chi connectivity index (χ1n) is 6.43. The summed E-state index contributed by atoms with van der Waals surface area (Å²) >= 11 is 3.26. The van der Waals surface area contributed by atoms with E-state index in [1.807, 2.05) is 5.38 Å². The number of thiazole rings is 1. The molecule has 0 radical (unpaired) electrons. The molecule has 1 aromatic carbocycles. The summed E-state index contributed by atoms with van der Waals surface area (Å²) in [7, 11) is 0. The summed E-state index contributed by atoms with van der Waals surface area (Å²) in [6, 6.07) is 3.30. The molecule has 1 aromatic heterocycles. The Morgan fingerprint density at radius 3 is 3.10 bits per heavy atom. The van der Waals surface area contributed by atoms with Crippen LogP contribution in [0.5, 0.6) is 5.75 Å². The maximum Gasteiger partial charge on any atom is 0.258 e. The highest BCUT2D eigenvalue weighted by Crippen LogP contribution is 2.33. The number of hydrogen-bond donors (Lipinski definition) is 1. The van der Waals surface area contributed by atoms with Gasteiger partial charge in [-0.05, 0) is 18.2 Å². The van der Waals surface area contributed by atoms with E-state index in [-0.39, 0.29) is 23.3 Å². The monoisotopic (exact) mass is 324 g/mol. The van der Waals surface area contributed by atoms with Crippen LogP contribution in [-0.4, -0.2) is 38.9 Å². The third kappa shape index (κ3) is 2.89. The number of phenolic OH excluding ortho intramolecular Hbond substituents is 1. The van der Waals surface area contributed by atoms with Crippen molar-refractivity contribution in [1.29, 1.82) is 0 Å². The topological polar surface area (TPSA) is 53.4 Å². The van der Waals surface area contributed by atoms with Gasteiger partial charge in [0.05, 0.1) is 11.6 Å². The van der Waals surface area contributed by atoms with Crippen molar-refractivity contribution >= 4 is 29.0 Å². The van der Waals surface area contributed by atoms with Crippen LogP contribution in [0.3, 0.4) is 0 Å². The zero-order chi connectivity index (χ0) is 14.8. The Morgan fingerprint density at radius 2 is 2.33 bits per heavy atom. The molecule has 1 atom stereocenters. The maximum atomic E-state index is 13.3. The Balaban J connectivity index is 1.93. The second-order valence-electron chi connectivity index (χ2n) is 4.62. The van der Waals surface area contributed by atoms with Crippen LogP contribution in [0.2, 0.25) is 0 Å². The van der Waals surface area contributed by atoms with Crippen LogP contribution >= 0.6 is 23.1 Å². The molecule has 3 rings (SSSR count). The maximum absolute atomic E-state index is 13.3. The van der Waals surface area contributed by atoms with Crippen molar-refractivity contribution in [2.45, 2.75) is 6.04 Å². The van der Waals surface area contributed by atoms with Gasteiger partial charge in [-0.1, -0.05) is 0 Å². The number of aromatic nitrogens is 1. The van der Waals surface area contributed by atoms with E-state index in [9.17, 15) is 14.3 Å². The van der Waals surface area contributed by atoms with E-state index in [1.165, 1.54) is 17.4 Å². The number of nitrogens with zero attached hydrogens (tertiary/aromatic N) is 2. The van der Waals surface area contributed by atoms with Crippen molar-refractivity contribution in [3.63, 3.8) is 0 Å². The molecule has 110 valence electrons. The number of thioether (sulfide) groups is 1. The SMILES string of the molecule is O=C(c1cc(F)ccc1O)N1CCSC[C@@H]1c1nccs1. The average molecular weight is 324 g/mol. The number of amides is 1. The molecule has 1 amide bonds. The molecule has 21 heavy (non-hydrogen) atoms. The van der Waals surface area contributed by atoms with Crippen molar-refractivity contribution in [1.82, 2.24) is 9.88 Å². The molecule has 0 bridgehead atoms. The molecule has 0 spiro atoms. The number of carbonyl (C=O) groups excluding carboxylic acids is 1. The number of phenols is 1. The van der Waals surface area contributed by atoms with E-state index in [2.05, 4.69) is 4.98 Å². The van der Waals surface area contributed by atoms with Crippen LogP contribution in [0.1, 0.15) is 21.4 Å². The van der Waals surface area contributed by atoms with Gasteiger partial charge in [0, 0.05) is 29.6 Å². The molecule has 1 N–H and O–H groups in total. The molecule has 1 fully saturated rings. The van der Waals surface area contributed by atoms with Crippen LogP contribution in [0.4, 0.5) is 4.39 Å². The Morgan fingerprint density at radius 1 is 1.48 bits per heavy atom. The Bertz CT molecular complexity index is 648. The van der Waals surface area contributed by atoms with Gasteiger partial charge in [0.2, 0.25) is 0 Å². The van der Waals surface area contributed by atoms with E-state index in [1.54, 1.807) is 22.9 Å². The van der Waals surface area contributed by atoms with Gasteiger partial charge in [-0.3, -0.25) is 4.79 Å². The minimum Gasteiger partial charge on any atom is -0.507 e. The lowest BCUT2D eigenvalue weighted by molar-refractivity contribution is 0.0697. The minimum absolute atomic E-state index is 0.00320. The van der Waals surface area contributed by atoms with Gasteiger partial charge in [-0.15, -0.1) is 11.3 Å². The number of hydrogen-bond acceptors (Lipinski definition) is 5. The molecule has 2 heterocycles. The van der Waals surface area contributed by atoms with Gasteiger partial charge >= 0.3 is 0 Å². The average Bonchev–Trinajstić information content (AvgIpc) is 3.03. The quantitative estimate of drug-likeness (QED) is 0.923. The molecular formula is C14H13FN2O2S2. The smallest absolute Gasteiger partial charge is 0.258 e. The van der Waals surface area contributed by atoms with Crippen LogP contribution < -0.4 is 0 Å². The summed E-state index contributed by atoms with van der Waals surface area (Å²) in [5.41, 5.74) is 0.00320. The second kappa shape index (κ2) is 6.03.